The van der Waals surface area contributed by atoms with Crippen molar-refractivity contribution in [1.29, 1.82) is 0 Å². The number of alkyl halides is 3. The second-order valence-corrected chi connectivity index (χ2v) is 5.62. The number of nitrogen functional groups attached to an aromatic ring is 1. The van der Waals surface area contributed by atoms with Crippen molar-refractivity contribution in [2.75, 3.05) is 11.1 Å². The molecular formula is C13H12F3N3OS. The molecule has 3 N–H and O–H groups in total. The van der Waals surface area contributed by atoms with Gasteiger partial charge in [-0.1, -0.05) is 0 Å². The van der Waals surface area contributed by atoms with E-state index in [1.54, 1.807) is 6.92 Å². The van der Waals surface area contributed by atoms with Gasteiger partial charge in [-0.25, -0.2) is 4.98 Å². The van der Waals surface area contributed by atoms with Crippen molar-refractivity contribution >= 4 is 28.1 Å². The van der Waals surface area contributed by atoms with Crippen LogP contribution in [0.2, 0.25) is 0 Å². The number of thiazole rings is 1. The fourth-order valence-corrected chi connectivity index (χ4v) is 2.45. The standard InChI is InChI=1S/C13H12F3N3OS/c1-6-7(2)21-12(18-6)19-11(20)8-3-4-10(17)9(5-8)13(14,15)16/h3-5H,17H2,1-2H3,(H,18,19,20). The van der Waals surface area contributed by atoms with Crippen LogP contribution < -0.4 is 11.1 Å². The number of halogens is 3. The summed E-state index contributed by atoms with van der Waals surface area (Å²) >= 11 is 1.26. The Bertz CT molecular complexity index is 675. The van der Waals surface area contributed by atoms with E-state index in [9.17, 15) is 18.0 Å². The van der Waals surface area contributed by atoms with E-state index >= 15 is 0 Å². The summed E-state index contributed by atoms with van der Waals surface area (Å²) in [5, 5.41) is 2.83. The highest BCUT2D eigenvalue weighted by molar-refractivity contribution is 7.15. The molecule has 0 aliphatic carbocycles. The van der Waals surface area contributed by atoms with Crippen LogP contribution in [0.1, 0.15) is 26.5 Å². The number of aryl methyl sites for hydroxylation is 2. The summed E-state index contributed by atoms with van der Waals surface area (Å²) in [4.78, 5) is 17.0. The second kappa shape index (κ2) is 5.36. The minimum Gasteiger partial charge on any atom is -0.398 e. The summed E-state index contributed by atoms with van der Waals surface area (Å²) < 4.78 is 38.3. The number of carbonyl (C=O) groups excluding carboxylic acids is 1. The van der Waals surface area contributed by atoms with E-state index in [0.717, 1.165) is 22.7 Å². The van der Waals surface area contributed by atoms with Crippen LogP contribution in [0.5, 0.6) is 0 Å². The summed E-state index contributed by atoms with van der Waals surface area (Å²) in [6.07, 6.45) is -4.60. The highest BCUT2D eigenvalue weighted by atomic mass is 32.1. The topological polar surface area (TPSA) is 68.0 Å². The summed E-state index contributed by atoms with van der Waals surface area (Å²) in [7, 11) is 0. The predicted octanol–water partition coefficient (Wildman–Crippen LogP) is 3.61. The van der Waals surface area contributed by atoms with E-state index < -0.39 is 23.3 Å². The Morgan fingerprint density at radius 2 is 2.00 bits per heavy atom. The highest BCUT2D eigenvalue weighted by Gasteiger charge is 2.33. The van der Waals surface area contributed by atoms with E-state index in [1.165, 1.54) is 17.4 Å². The number of aromatic nitrogens is 1. The Balaban J connectivity index is 2.27. The summed E-state index contributed by atoms with van der Waals surface area (Å²) in [6.45, 7) is 3.63. The first-order valence-corrected chi connectivity index (χ1v) is 6.72. The van der Waals surface area contributed by atoms with Gasteiger partial charge in [-0.15, -0.1) is 11.3 Å². The Morgan fingerprint density at radius 1 is 1.33 bits per heavy atom. The van der Waals surface area contributed by atoms with Crippen LogP contribution in [0.25, 0.3) is 0 Å². The van der Waals surface area contributed by atoms with Crippen LogP contribution in [0.3, 0.4) is 0 Å². The zero-order valence-electron chi connectivity index (χ0n) is 11.2. The first kappa shape index (κ1) is 15.3. The number of nitrogens with one attached hydrogen (secondary N) is 1. The molecule has 0 atom stereocenters. The molecule has 0 saturated carbocycles. The van der Waals surface area contributed by atoms with Crippen LogP contribution >= 0.6 is 11.3 Å². The van der Waals surface area contributed by atoms with Gasteiger partial charge in [0, 0.05) is 16.1 Å². The van der Waals surface area contributed by atoms with E-state index in [1.807, 2.05) is 6.92 Å². The normalized spacial score (nSPS) is 11.5. The Labute approximate surface area is 122 Å². The van der Waals surface area contributed by atoms with E-state index in [0.29, 0.717) is 5.13 Å². The van der Waals surface area contributed by atoms with Crippen LogP contribution in [0.4, 0.5) is 24.0 Å². The fourth-order valence-electron chi connectivity index (χ4n) is 1.64. The summed E-state index contributed by atoms with van der Waals surface area (Å²) in [6, 6.07) is 3.04. The third-order valence-electron chi connectivity index (χ3n) is 2.87. The molecule has 0 saturated heterocycles. The number of hydrogen-bond donors (Lipinski definition) is 2. The smallest absolute Gasteiger partial charge is 0.398 e. The number of hydrogen-bond acceptors (Lipinski definition) is 4. The molecule has 112 valence electrons. The molecule has 21 heavy (non-hydrogen) atoms. The van der Waals surface area contributed by atoms with Crippen molar-refractivity contribution in [2.24, 2.45) is 0 Å². The number of anilines is 2. The molecule has 4 nitrogen and oxygen atoms in total. The average Bonchev–Trinajstić information content (AvgIpc) is 2.67. The molecular weight excluding hydrogens is 303 g/mol. The van der Waals surface area contributed by atoms with Crippen LogP contribution in [0.15, 0.2) is 18.2 Å². The quantitative estimate of drug-likeness (QED) is 0.832. The molecule has 8 heteroatoms. The average molecular weight is 315 g/mol. The number of amides is 1. The number of rotatable bonds is 2. The van der Waals surface area contributed by atoms with Crippen LogP contribution in [0, 0.1) is 13.8 Å². The van der Waals surface area contributed by atoms with Crippen molar-refractivity contribution in [3.63, 3.8) is 0 Å². The minimum absolute atomic E-state index is 0.123. The zero-order valence-corrected chi connectivity index (χ0v) is 12.0. The molecule has 0 aliphatic heterocycles. The molecule has 0 unspecified atom stereocenters. The van der Waals surface area contributed by atoms with E-state index in [-0.39, 0.29) is 5.56 Å². The largest absolute Gasteiger partial charge is 0.418 e. The van der Waals surface area contributed by atoms with Crippen molar-refractivity contribution in [3.05, 3.63) is 39.9 Å². The fraction of sp³-hybridized carbons (Fsp3) is 0.231. The molecule has 0 spiro atoms. The van der Waals surface area contributed by atoms with Crippen molar-refractivity contribution in [1.82, 2.24) is 4.98 Å². The van der Waals surface area contributed by atoms with Crippen molar-refractivity contribution < 1.29 is 18.0 Å². The van der Waals surface area contributed by atoms with Crippen LogP contribution in [-0.2, 0) is 6.18 Å². The van der Waals surface area contributed by atoms with Crippen molar-refractivity contribution in [2.45, 2.75) is 20.0 Å². The number of carbonyl (C=O) groups is 1. The van der Waals surface area contributed by atoms with Gasteiger partial charge in [0.05, 0.1) is 11.3 Å². The SMILES string of the molecule is Cc1nc(NC(=O)c2ccc(N)c(C(F)(F)F)c2)sc1C. The molecule has 2 rings (SSSR count). The first-order valence-electron chi connectivity index (χ1n) is 5.90. The van der Waals surface area contributed by atoms with Gasteiger partial charge in [-0.2, -0.15) is 13.2 Å². The highest BCUT2D eigenvalue weighted by Crippen LogP contribution is 2.34. The predicted molar refractivity (Wildman–Crippen MR) is 75.4 cm³/mol. The van der Waals surface area contributed by atoms with Gasteiger partial charge < -0.3 is 5.73 Å². The van der Waals surface area contributed by atoms with Gasteiger partial charge in [0.2, 0.25) is 0 Å². The van der Waals surface area contributed by atoms with Crippen LogP contribution in [-0.4, -0.2) is 10.9 Å². The van der Waals surface area contributed by atoms with Gasteiger partial charge in [0.1, 0.15) is 0 Å². The van der Waals surface area contributed by atoms with Crippen molar-refractivity contribution in [3.8, 4) is 0 Å². The summed E-state index contributed by atoms with van der Waals surface area (Å²) in [5.41, 5.74) is 4.49. The molecule has 1 heterocycles. The lowest BCUT2D eigenvalue weighted by molar-refractivity contribution is -0.136. The lowest BCUT2D eigenvalue weighted by atomic mass is 10.1. The summed E-state index contributed by atoms with van der Waals surface area (Å²) in [5.74, 6) is -0.658. The molecule has 1 aromatic heterocycles. The van der Waals surface area contributed by atoms with Gasteiger partial charge >= 0.3 is 6.18 Å². The molecule has 0 aliphatic rings. The zero-order chi connectivity index (χ0) is 15.8. The molecule has 2 aromatic rings. The van der Waals surface area contributed by atoms with Gasteiger partial charge in [-0.05, 0) is 32.0 Å². The van der Waals surface area contributed by atoms with Gasteiger partial charge in [0.25, 0.3) is 5.91 Å². The lowest BCUT2D eigenvalue weighted by Crippen LogP contribution is -2.15. The van der Waals surface area contributed by atoms with E-state index in [4.69, 9.17) is 5.73 Å². The maximum atomic E-state index is 12.8. The molecule has 1 aromatic carbocycles. The monoisotopic (exact) mass is 315 g/mol. The van der Waals surface area contributed by atoms with Gasteiger partial charge in [0.15, 0.2) is 5.13 Å². The second-order valence-electron chi connectivity index (χ2n) is 4.41. The first-order chi connectivity index (χ1) is 9.68. The number of benzene rings is 1. The maximum Gasteiger partial charge on any atom is 0.418 e. The Kier molecular flexibility index (Phi) is 3.91. The third-order valence-corrected chi connectivity index (χ3v) is 3.86. The third kappa shape index (κ3) is 3.33. The molecule has 1 amide bonds. The molecule has 0 fully saturated rings. The maximum absolute atomic E-state index is 12.8. The molecule has 0 radical (unpaired) electrons. The van der Waals surface area contributed by atoms with E-state index in [2.05, 4.69) is 10.3 Å². The Hall–Kier alpha value is -2.09. The lowest BCUT2D eigenvalue weighted by Gasteiger charge is -2.11. The van der Waals surface area contributed by atoms with Gasteiger partial charge in [-0.3, -0.25) is 10.1 Å². The minimum atomic E-state index is -4.60. The number of nitrogens with zero attached hydrogens (tertiary/aromatic N) is 1. The Morgan fingerprint density at radius 3 is 2.52 bits per heavy atom. The molecule has 0 bridgehead atoms. The number of nitrogens with two attached hydrogens (primary N) is 1.